The van der Waals surface area contributed by atoms with Crippen LogP contribution in [0, 0.1) is 11.6 Å². The van der Waals surface area contributed by atoms with Gasteiger partial charge in [0.05, 0.1) is 19.0 Å². The second-order valence-corrected chi connectivity index (χ2v) is 9.49. The first-order valence-corrected chi connectivity index (χ1v) is 12.7. The quantitative estimate of drug-likeness (QED) is 0.317. The van der Waals surface area contributed by atoms with Gasteiger partial charge in [-0.25, -0.2) is 14.4 Å². The summed E-state index contributed by atoms with van der Waals surface area (Å²) in [7, 11) is 1.28. The summed E-state index contributed by atoms with van der Waals surface area (Å²) in [6.45, 7) is 2.00. The van der Waals surface area contributed by atoms with Crippen LogP contribution in [0.25, 0.3) is 16.9 Å². The number of nitrogens with zero attached hydrogens (tertiary/aromatic N) is 3. The molecule has 1 aliphatic carbocycles. The van der Waals surface area contributed by atoms with Crippen molar-refractivity contribution in [3.8, 4) is 17.0 Å². The SMILES string of the molecule is CCc1cc(Nc2nccn3c(-c4ccc(OC)c(F)c4F)cnc23)ccc1C(=O)N[C@H]1CC[C@H](N)CC1. The lowest BCUT2D eigenvalue weighted by atomic mass is 9.91. The molecular formula is C28H30F2N6O2. The van der Waals surface area contributed by atoms with E-state index in [1.165, 1.54) is 25.4 Å². The molecule has 4 N–H and O–H groups in total. The smallest absolute Gasteiger partial charge is 0.251 e. The van der Waals surface area contributed by atoms with Crippen LogP contribution in [0.2, 0.25) is 0 Å². The first-order valence-electron chi connectivity index (χ1n) is 12.7. The summed E-state index contributed by atoms with van der Waals surface area (Å²) < 4.78 is 35.6. The number of aryl methyl sites for hydroxylation is 1. The number of nitrogens with one attached hydrogen (secondary N) is 2. The molecule has 0 spiro atoms. The summed E-state index contributed by atoms with van der Waals surface area (Å²) in [6.07, 6.45) is 8.94. The molecule has 1 amide bonds. The molecule has 2 heterocycles. The van der Waals surface area contributed by atoms with E-state index < -0.39 is 11.6 Å². The number of amides is 1. The Morgan fingerprint density at radius 2 is 1.92 bits per heavy atom. The fourth-order valence-corrected chi connectivity index (χ4v) is 4.94. The second-order valence-electron chi connectivity index (χ2n) is 9.49. The number of aromatic nitrogens is 3. The molecule has 1 saturated carbocycles. The van der Waals surface area contributed by atoms with Crippen LogP contribution in [0.1, 0.15) is 48.5 Å². The van der Waals surface area contributed by atoms with Crippen LogP contribution in [-0.2, 0) is 6.42 Å². The van der Waals surface area contributed by atoms with Crippen molar-refractivity contribution in [3.63, 3.8) is 0 Å². The standard InChI is InChI=1S/C28H30F2N6O2/c1-3-16-14-19(8-9-20(16)28(37)35-18-6-4-17(31)5-7-18)34-26-27-33-15-22(36(27)13-12-32-26)21-10-11-23(38-2)25(30)24(21)29/h8-15,17-18H,3-7,31H2,1-2H3,(H,32,34)(H,35,37)/t17-,18-. The summed E-state index contributed by atoms with van der Waals surface area (Å²) in [4.78, 5) is 21.8. The van der Waals surface area contributed by atoms with Gasteiger partial charge in [0.2, 0.25) is 5.82 Å². The van der Waals surface area contributed by atoms with Gasteiger partial charge in [0.15, 0.2) is 23.0 Å². The minimum absolute atomic E-state index is 0.0523. The largest absolute Gasteiger partial charge is 0.494 e. The van der Waals surface area contributed by atoms with Gasteiger partial charge in [0.25, 0.3) is 5.91 Å². The highest BCUT2D eigenvalue weighted by Crippen LogP contribution is 2.31. The van der Waals surface area contributed by atoms with Gasteiger partial charge >= 0.3 is 0 Å². The van der Waals surface area contributed by atoms with Crippen molar-refractivity contribution in [1.82, 2.24) is 19.7 Å². The average molecular weight is 521 g/mol. The highest BCUT2D eigenvalue weighted by Gasteiger charge is 2.22. The van der Waals surface area contributed by atoms with Gasteiger partial charge < -0.3 is 21.1 Å². The van der Waals surface area contributed by atoms with Crippen LogP contribution >= 0.6 is 0 Å². The summed E-state index contributed by atoms with van der Waals surface area (Å²) >= 11 is 0. The third-order valence-electron chi connectivity index (χ3n) is 7.07. The Hall–Kier alpha value is -4.05. The lowest BCUT2D eigenvalue weighted by Crippen LogP contribution is -2.40. The number of hydrogen-bond acceptors (Lipinski definition) is 6. The number of carbonyl (C=O) groups excluding carboxylic acids is 1. The summed E-state index contributed by atoms with van der Waals surface area (Å²) in [5.74, 6) is -1.90. The van der Waals surface area contributed by atoms with Gasteiger partial charge in [-0.15, -0.1) is 0 Å². The maximum Gasteiger partial charge on any atom is 0.251 e. The number of methoxy groups -OCH3 is 1. The molecule has 0 saturated heterocycles. The molecule has 10 heteroatoms. The van der Waals surface area contributed by atoms with E-state index in [1.807, 2.05) is 19.1 Å². The number of anilines is 2. The van der Waals surface area contributed by atoms with E-state index in [2.05, 4.69) is 20.6 Å². The Balaban J connectivity index is 1.40. The number of nitrogens with two attached hydrogens (primary N) is 1. The van der Waals surface area contributed by atoms with E-state index in [9.17, 15) is 13.6 Å². The van der Waals surface area contributed by atoms with Crippen LogP contribution in [0.3, 0.4) is 0 Å². The van der Waals surface area contributed by atoms with Crippen LogP contribution in [0.5, 0.6) is 5.75 Å². The third-order valence-corrected chi connectivity index (χ3v) is 7.07. The molecule has 0 atom stereocenters. The Morgan fingerprint density at radius 3 is 2.66 bits per heavy atom. The number of rotatable bonds is 7. The number of carbonyl (C=O) groups is 1. The molecular weight excluding hydrogens is 490 g/mol. The molecule has 0 aliphatic heterocycles. The van der Waals surface area contributed by atoms with Gasteiger partial charge in [-0.2, -0.15) is 4.39 Å². The highest BCUT2D eigenvalue weighted by molar-refractivity contribution is 5.96. The number of ether oxygens (including phenoxy) is 1. The maximum atomic E-state index is 14.8. The fraction of sp³-hybridized carbons (Fsp3) is 0.321. The van der Waals surface area contributed by atoms with Crippen molar-refractivity contribution in [2.24, 2.45) is 5.73 Å². The van der Waals surface area contributed by atoms with Crippen molar-refractivity contribution < 1.29 is 18.3 Å². The number of halogens is 2. The van der Waals surface area contributed by atoms with Gasteiger partial charge in [0, 0.05) is 41.3 Å². The Morgan fingerprint density at radius 1 is 1.13 bits per heavy atom. The molecule has 2 aromatic carbocycles. The molecule has 198 valence electrons. The predicted octanol–water partition coefficient (Wildman–Crippen LogP) is 4.99. The summed E-state index contributed by atoms with van der Waals surface area (Å²) in [5, 5.41) is 6.41. The van der Waals surface area contributed by atoms with E-state index >= 15 is 0 Å². The van der Waals surface area contributed by atoms with Crippen molar-refractivity contribution in [2.45, 2.75) is 51.1 Å². The third kappa shape index (κ3) is 4.91. The first kappa shape index (κ1) is 25.6. The number of imidazole rings is 1. The number of hydrogen-bond donors (Lipinski definition) is 3. The second kappa shape index (κ2) is 10.7. The van der Waals surface area contributed by atoms with Crippen molar-refractivity contribution >= 4 is 23.1 Å². The zero-order valence-electron chi connectivity index (χ0n) is 21.3. The van der Waals surface area contributed by atoms with Crippen molar-refractivity contribution in [2.75, 3.05) is 12.4 Å². The minimum Gasteiger partial charge on any atom is -0.494 e. The number of fused-ring (bicyclic) bond motifs is 1. The Bertz CT molecular complexity index is 1480. The molecule has 2 aromatic heterocycles. The van der Waals surface area contributed by atoms with E-state index in [4.69, 9.17) is 10.5 Å². The molecule has 4 aromatic rings. The molecule has 8 nitrogen and oxygen atoms in total. The van der Waals surface area contributed by atoms with Gasteiger partial charge in [-0.05, 0) is 68.0 Å². The predicted molar refractivity (Wildman–Crippen MR) is 142 cm³/mol. The zero-order valence-corrected chi connectivity index (χ0v) is 21.3. The van der Waals surface area contributed by atoms with Gasteiger partial charge in [-0.1, -0.05) is 6.92 Å². The van der Waals surface area contributed by atoms with Gasteiger partial charge in [0.1, 0.15) is 0 Å². The van der Waals surface area contributed by atoms with E-state index in [1.54, 1.807) is 22.9 Å². The van der Waals surface area contributed by atoms with Gasteiger partial charge in [-0.3, -0.25) is 9.20 Å². The normalized spacial score (nSPS) is 17.4. The highest BCUT2D eigenvalue weighted by atomic mass is 19.2. The lowest BCUT2D eigenvalue weighted by Gasteiger charge is -2.27. The Kier molecular flexibility index (Phi) is 7.24. The molecule has 0 unspecified atom stereocenters. The molecule has 5 rings (SSSR count). The minimum atomic E-state index is -1.06. The number of benzene rings is 2. The first-order chi connectivity index (χ1) is 18.4. The van der Waals surface area contributed by atoms with E-state index in [0.29, 0.717) is 29.1 Å². The molecule has 0 radical (unpaired) electrons. The maximum absolute atomic E-state index is 14.8. The zero-order chi connectivity index (χ0) is 26.8. The van der Waals surface area contributed by atoms with Crippen molar-refractivity contribution in [3.05, 3.63) is 71.7 Å². The summed E-state index contributed by atoms with van der Waals surface area (Å²) in [6, 6.07) is 8.73. The van der Waals surface area contributed by atoms with Crippen LogP contribution < -0.4 is 21.1 Å². The monoisotopic (exact) mass is 520 g/mol. The molecule has 38 heavy (non-hydrogen) atoms. The average Bonchev–Trinajstić information content (AvgIpc) is 3.36. The van der Waals surface area contributed by atoms with E-state index in [-0.39, 0.29) is 29.3 Å². The van der Waals surface area contributed by atoms with Crippen LogP contribution in [-0.4, -0.2) is 39.5 Å². The fourth-order valence-electron chi connectivity index (χ4n) is 4.94. The molecule has 0 bridgehead atoms. The topological polar surface area (TPSA) is 107 Å². The molecule has 1 aliphatic rings. The molecule has 1 fully saturated rings. The Labute approximate surface area is 219 Å². The van der Waals surface area contributed by atoms with Crippen LogP contribution in [0.15, 0.2) is 48.9 Å². The van der Waals surface area contributed by atoms with Crippen molar-refractivity contribution in [1.29, 1.82) is 0 Å². The van der Waals surface area contributed by atoms with Crippen LogP contribution in [0.4, 0.5) is 20.3 Å². The summed E-state index contributed by atoms with van der Waals surface area (Å²) in [5.41, 5.74) is 9.11. The van der Waals surface area contributed by atoms with E-state index in [0.717, 1.165) is 36.9 Å². The lowest BCUT2D eigenvalue weighted by molar-refractivity contribution is 0.0925.